The van der Waals surface area contributed by atoms with Gasteiger partial charge in [-0.05, 0) is 33.1 Å². The highest BCUT2D eigenvalue weighted by molar-refractivity contribution is 5.69. The molecule has 124 valence electrons. The molecule has 0 aliphatic carbocycles. The number of carbonyl (C=O) groups is 1. The summed E-state index contributed by atoms with van der Waals surface area (Å²) in [6.07, 6.45) is 6.51. The maximum Gasteiger partial charge on any atom is 0.129 e. The van der Waals surface area contributed by atoms with E-state index in [4.69, 9.17) is 0 Å². The molecule has 2 atom stereocenters. The van der Waals surface area contributed by atoms with Crippen LogP contribution in [0.1, 0.15) is 59.3 Å². The van der Waals surface area contributed by atoms with Crippen molar-refractivity contribution in [3.05, 3.63) is 12.7 Å². The van der Waals surface area contributed by atoms with E-state index in [2.05, 4.69) is 6.58 Å². The molecule has 0 heterocycles. The van der Waals surface area contributed by atoms with Gasteiger partial charge in [0.25, 0.3) is 0 Å². The molecule has 1 N–H and O–H groups in total. The molecule has 0 aromatic heterocycles. The van der Waals surface area contributed by atoms with E-state index in [0.717, 1.165) is 32.1 Å². The molecule has 4 heteroatoms. The number of aliphatic carboxylic acids is 1. The van der Waals surface area contributed by atoms with E-state index in [1.54, 1.807) is 0 Å². The Labute approximate surface area is 130 Å². The second kappa shape index (κ2) is 10.8. The molecule has 0 radical (unpaired) electrons. The first-order chi connectivity index (χ1) is 9.97. The SMILES string of the molecule is C=CCCCCC(O)C[N+](CC)(CC)C(CCC)C(=O)[O-]. The first-order valence-electron chi connectivity index (χ1n) is 8.32. The third kappa shape index (κ3) is 6.62. The van der Waals surface area contributed by atoms with E-state index in [0.29, 0.717) is 30.5 Å². The number of carbonyl (C=O) groups excluding carboxylic acids is 1. The van der Waals surface area contributed by atoms with Crippen LogP contribution in [0.2, 0.25) is 0 Å². The Kier molecular flexibility index (Phi) is 10.4. The van der Waals surface area contributed by atoms with Crippen LogP contribution in [-0.2, 0) is 4.79 Å². The van der Waals surface area contributed by atoms with Gasteiger partial charge in [0.1, 0.15) is 18.7 Å². The molecule has 0 bridgehead atoms. The van der Waals surface area contributed by atoms with Crippen LogP contribution in [0, 0.1) is 0 Å². The molecule has 0 fully saturated rings. The molecule has 0 saturated heterocycles. The van der Waals surface area contributed by atoms with Crippen molar-refractivity contribution >= 4 is 5.97 Å². The third-order valence-electron chi connectivity index (χ3n) is 4.52. The largest absolute Gasteiger partial charge is 0.544 e. The lowest BCUT2D eigenvalue weighted by atomic mass is 10.0. The van der Waals surface area contributed by atoms with Gasteiger partial charge < -0.3 is 19.5 Å². The number of rotatable bonds is 13. The average Bonchev–Trinajstić information content (AvgIpc) is 2.47. The minimum Gasteiger partial charge on any atom is -0.544 e. The van der Waals surface area contributed by atoms with Gasteiger partial charge in [-0.1, -0.05) is 25.8 Å². The van der Waals surface area contributed by atoms with E-state index >= 15 is 0 Å². The number of aliphatic hydroxyl groups is 1. The minimum absolute atomic E-state index is 0.415. The van der Waals surface area contributed by atoms with Gasteiger partial charge in [-0.3, -0.25) is 0 Å². The molecule has 0 aliphatic rings. The number of allylic oxidation sites excluding steroid dienone is 1. The molecule has 0 amide bonds. The Balaban J connectivity index is 4.76. The van der Waals surface area contributed by atoms with Crippen molar-refractivity contribution in [2.45, 2.75) is 71.4 Å². The lowest BCUT2D eigenvalue weighted by Gasteiger charge is -2.45. The first-order valence-corrected chi connectivity index (χ1v) is 8.32. The number of nitrogens with zero attached hydrogens (tertiary/aromatic N) is 1. The average molecular weight is 299 g/mol. The topological polar surface area (TPSA) is 60.4 Å². The van der Waals surface area contributed by atoms with Crippen LogP contribution in [0.25, 0.3) is 0 Å². The molecule has 2 unspecified atom stereocenters. The van der Waals surface area contributed by atoms with Gasteiger partial charge in [0, 0.05) is 6.42 Å². The van der Waals surface area contributed by atoms with Crippen molar-refractivity contribution in [3.8, 4) is 0 Å². The van der Waals surface area contributed by atoms with Crippen molar-refractivity contribution in [2.75, 3.05) is 19.6 Å². The molecular formula is C17H33NO3. The van der Waals surface area contributed by atoms with Crippen molar-refractivity contribution in [2.24, 2.45) is 0 Å². The Morgan fingerprint density at radius 3 is 2.29 bits per heavy atom. The summed E-state index contributed by atoms with van der Waals surface area (Å²) < 4.78 is 0.415. The number of carboxylic acid groups (broad SMARTS) is 1. The van der Waals surface area contributed by atoms with Gasteiger partial charge in [-0.25, -0.2) is 0 Å². The van der Waals surface area contributed by atoms with Gasteiger partial charge in [-0.2, -0.15) is 0 Å². The molecule has 0 aromatic rings. The molecule has 21 heavy (non-hydrogen) atoms. The number of unbranched alkanes of at least 4 members (excludes halogenated alkanes) is 2. The second-order valence-corrected chi connectivity index (χ2v) is 5.88. The number of likely N-dealkylation sites (N-methyl/N-ethyl adjacent to an activating group) is 1. The lowest BCUT2D eigenvalue weighted by Crippen LogP contribution is -2.63. The minimum atomic E-state index is -0.987. The van der Waals surface area contributed by atoms with Crippen molar-refractivity contribution in [3.63, 3.8) is 0 Å². The van der Waals surface area contributed by atoms with Gasteiger partial charge in [-0.15, -0.1) is 6.58 Å². The molecule has 0 spiro atoms. The monoisotopic (exact) mass is 299 g/mol. The highest BCUT2D eigenvalue weighted by Crippen LogP contribution is 2.20. The fourth-order valence-electron chi connectivity index (χ4n) is 3.12. The molecular weight excluding hydrogens is 266 g/mol. The predicted octanol–water partition coefficient (Wildman–Crippen LogP) is 1.87. The number of carboxylic acids is 1. The molecule has 0 aromatic carbocycles. The Morgan fingerprint density at radius 1 is 1.24 bits per heavy atom. The second-order valence-electron chi connectivity index (χ2n) is 5.88. The summed E-state index contributed by atoms with van der Waals surface area (Å²) in [6, 6.07) is -0.521. The summed E-state index contributed by atoms with van der Waals surface area (Å²) in [5.41, 5.74) is 0. The van der Waals surface area contributed by atoms with Gasteiger partial charge in [0.05, 0.1) is 19.1 Å². The fraction of sp³-hybridized carbons (Fsp3) is 0.824. The van der Waals surface area contributed by atoms with Crippen molar-refractivity contribution in [1.82, 2.24) is 0 Å². The van der Waals surface area contributed by atoms with Crippen LogP contribution >= 0.6 is 0 Å². The number of quaternary nitrogens is 1. The van der Waals surface area contributed by atoms with Gasteiger partial charge in [0.15, 0.2) is 0 Å². The summed E-state index contributed by atoms with van der Waals surface area (Å²) in [4.78, 5) is 11.5. The van der Waals surface area contributed by atoms with E-state index in [9.17, 15) is 15.0 Å². The summed E-state index contributed by atoms with van der Waals surface area (Å²) in [5.74, 6) is -0.987. The van der Waals surface area contributed by atoms with Crippen LogP contribution < -0.4 is 5.11 Å². The number of hydrogen-bond acceptors (Lipinski definition) is 3. The van der Waals surface area contributed by atoms with Crippen molar-refractivity contribution in [1.29, 1.82) is 0 Å². The molecule has 0 aliphatic heterocycles. The predicted molar refractivity (Wildman–Crippen MR) is 84.6 cm³/mol. The van der Waals surface area contributed by atoms with Crippen LogP contribution in [-0.4, -0.2) is 47.3 Å². The van der Waals surface area contributed by atoms with Crippen molar-refractivity contribution < 1.29 is 19.5 Å². The Hall–Kier alpha value is -0.870. The summed E-state index contributed by atoms with van der Waals surface area (Å²) in [5, 5.41) is 21.8. The lowest BCUT2D eigenvalue weighted by molar-refractivity contribution is -0.945. The zero-order valence-electron chi connectivity index (χ0n) is 14.0. The zero-order valence-corrected chi connectivity index (χ0v) is 14.0. The quantitative estimate of drug-likeness (QED) is 0.321. The highest BCUT2D eigenvalue weighted by atomic mass is 16.4. The molecule has 0 saturated carbocycles. The van der Waals surface area contributed by atoms with Crippen LogP contribution in [0.3, 0.4) is 0 Å². The Bertz CT molecular complexity index is 300. The standard InChI is InChI=1S/C17H33NO3/c1-5-9-10-11-13-15(19)14-18(7-3,8-4)16(12-6-2)17(20)21/h5,15-16,19H,1,6-14H2,2-4H3. The van der Waals surface area contributed by atoms with Gasteiger partial charge >= 0.3 is 0 Å². The summed E-state index contributed by atoms with van der Waals surface area (Å²) >= 11 is 0. The van der Waals surface area contributed by atoms with Gasteiger partial charge in [0.2, 0.25) is 0 Å². The zero-order chi connectivity index (χ0) is 16.3. The number of aliphatic hydroxyl groups excluding tert-OH is 1. The van der Waals surface area contributed by atoms with E-state index in [-0.39, 0.29) is 0 Å². The normalized spacial score (nSPS) is 14.7. The van der Waals surface area contributed by atoms with E-state index in [1.807, 2.05) is 26.8 Å². The maximum atomic E-state index is 11.5. The van der Waals surface area contributed by atoms with E-state index in [1.165, 1.54) is 0 Å². The highest BCUT2D eigenvalue weighted by Gasteiger charge is 2.36. The maximum absolute atomic E-state index is 11.5. The third-order valence-corrected chi connectivity index (χ3v) is 4.52. The smallest absolute Gasteiger partial charge is 0.129 e. The summed E-state index contributed by atoms with van der Waals surface area (Å²) in [6.45, 7) is 11.6. The first kappa shape index (κ1) is 20.1. The molecule has 4 nitrogen and oxygen atoms in total. The van der Waals surface area contributed by atoms with Crippen LogP contribution in [0.4, 0.5) is 0 Å². The van der Waals surface area contributed by atoms with Crippen LogP contribution in [0.15, 0.2) is 12.7 Å². The summed E-state index contributed by atoms with van der Waals surface area (Å²) in [7, 11) is 0. The van der Waals surface area contributed by atoms with Crippen LogP contribution in [0.5, 0.6) is 0 Å². The fourth-order valence-corrected chi connectivity index (χ4v) is 3.12. The van der Waals surface area contributed by atoms with E-state index < -0.39 is 18.1 Å². The number of hydrogen-bond donors (Lipinski definition) is 1. The molecule has 0 rings (SSSR count). The Morgan fingerprint density at radius 2 is 1.86 bits per heavy atom.